The number of nitrogens with zero attached hydrogens (tertiary/aromatic N) is 1. The molecule has 0 saturated heterocycles. The molecule has 0 aliphatic carbocycles. The summed E-state index contributed by atoms with van der Waals surface area (Å²) >= 11 is 0. The number of carbonyl (C=O) groups is 1. The maximum absolute atomic E-state index is 10.4. The number of aromatic hydroxyl groups is 1. The molecule has 0 saturated carbocycles. The Balaban J connectivity index is 3.02. The average Bonchev–Trinajstić information content (AvgIpc) is 2.16. The van der Waals surface area contributed by atoms with Crippen molar-refractivity contribution in [1.82, 2.24) is 0 Å². The van der Waals surface area contributed by atoms with Crippen LogP contribution in [0.15, 0.2) is 18.2 Å². The second-order valence-corrected chi connectivity index (χ2v) is 2.88. The minimum absolute atomic E-state index is 0.0350. The molecule has 0 heterocycles. The number of rotatable bonds is 3. The summed E-state index contributed by atoms with van der Waals surface area (Å²) in [4.78, 5) is 12.4. The van der Waals surface area contributed by atoms with Crippen LogP contribution >= 0.6 is 0 Å². The quantitative estimate of drug-likeness (QED) is 0.717. The van der Waals surface area contributed by atoms with E-state index in [9.17, 15) is 9.90 Å². The van der Waals surface area contributed by atoms with Crippen LogP contribution in [0.4, 0.5) is 5.69 Å². The third-order valence-electron chi connectivity index (χ3n) is 2.06. The lowest BCUT2D eigenvalue weighted by molar-refractivity contribution is 0.112. The Labute approximate surface area is 77.6 Å². The Morgan fingerprint density at radius 1 is 1.54 bits per heavy atom. The van der Waals surface area contributed by atoms with E-state index < -0.39 is 0 Å². The summed E-state index contributed by atoms with van der Waals surface area (Å²) in [5.74, 6) is 0.0350. The van der Waals surface area contributed by atoms with Crippen LogP contribution in [0.1, 0.15) is 17.3 Å². The number of benzene rings is 1. The average molecular weight is 179 g/mol. The number of hydrogen-bond acceptors (Lipinski definition) is 3. The highest BCUT2D eigenvalue weighted by molar-refractivity contribution is 5.80. The van der Waals surface area contributed by atoms with Crippen molar-refractivity contribution in [2.75, 3.05) is 18.5 Å². The first-order chi connectivity index (χ1) is 6.19. The summed E-state index contributed by atoms with van der Waals surface area (Å²) in [5.41, 5.74) is 1.24. The lowest BCUT2D eigenvalue weighted by Crippen LogP contribution is -2.15. The summed E-state index contributed by atoms with van der Waals surface area (Å²) < 4.78 is 0. The van der Waals surface area contributed by atoms with E-state index in [-0.39, 0.29) is 5.75 Å². The second kappa shape index (κ2) is 3.94. The number of carbonyl (C=O) groups excluding carboxylic acids is 1. The Kier molecular flexibility index (Phi) is 2.90. The van der Waals surface area contributed by atoms with Crippen LogP contribution in [0.3, 0.4) is 0 Å². The number of phenolic OH excluding ortho intramolecular Hbond substituents is 1. The molecular formula is C10H13NO2. The first-order valence-corrected chi connectivity index (χ1v) is 4.18. The Bertz CT molecular complexity index is 310. The molecule has 13 heavy (non-hydrogen) atoms. The van der Waals surface area contributed by atoms with Gasteiger partial charge in [0.25, 0.3) is 0 Å². The lowest BCUT2D eigenvalue weighted by Gasteiger charge is -2.16. The van der Waals surface area contributed by atoms with Crippen LogP contribution in [0.5, 0.6) is 5.75 Å². The number of phenols is 1. The highest BCUT2D eigenvalue weighted by Gasteiger charge is 2.03. The second-order valence-electron chi connectivity index (χ2n) is 2.88. The summed E-state index contributed by atoms with van der Waals surface area (Å²) in [6.45, 7) is 2.88. The number of aldehydes is 1. The first kappa shape index (κ1) is 9.58. The van der Waals surface area contributed by atoms with Crippen molar-refractivity contribution in [3.63, 3.8) is 0 Å². The van der Waals surface area contributed by atoms with Gasteiger partial charge in [0.15, 0.2) is 6.29 Å². The van der Waals surface area contributed by atoms with Crippen LogP contribution in [-0.4, -0.2) is 25.0 Å². The SMILES string of the molecule is CCN(C)c1ccc(C=O)c(O)c1. The van der Waals surface area contributed by atoms with E-state index in [0.29, 0.717) is 11.8 Å². The highest BCUT2D eigenvalue weighted by Crippen LogP contribution is 2.22. The molecule has 1 aromatic rings. The van der Waals surface area contributed by atoms with Crippen molar-refractivity contribution in [3.8, 4) is 5.75 Å². The molecule has 0 bridgehead atoms. The van der Waals surface area contributed by atoms with Crippen molar-refractivity contribution in [3.05, 3.63) is 23.8 Å². The van der Waals surface area contributed by atoms with E-state index in [1.54, 1.807) is 12.1 Å². The van der Waals surface area contributed by atoms with E-state index >= 15 is 0 Å². The number of hydrogen-bond donors (Lipinski definition) is 1. The molecule has 1 rings (SSSR count). The van der Waals surface area contributed by atoms with Gasteiger partial charge in [-0.25, -0.2) is 0 Å². The molecule has 1 aromatic carbocycles. The van der Waals surface area contributed by atoms with Crippen LogP contribution in [0, 0.1) is 0 Å². The van der Waals surface area contributed by atoms with Crippen molar-refractivity contribution in [2.45, 2.75) is 6.92 Å². The summed E-state index contributed by atoms with van der Waals surface area (Å²) in [5, 5.41) is 9.38. The fourth-order valence-electron chi connectivity index (χ4n) is 1.05. The summed E-state index contributed by atoms with van der Waals surface area (Å²) in [7, 11) is 1.93. The zero-order valence-electron chi connectivity index (χ0n) is 7.82. The zero-order valence-corrected chi connectivity index (χ0v) is 7.82. The molecule has 1 N–H and O–H groups in total. The maximum atomic E-state index is 10.4. The van der Waals surface area contributed by atoms with Gasteiger partial charge >= 0.3 is 0 Å². The summed E-state index contributed by atoms with van der Waals surface area (Å²) in [6, 6.07) is 5.02. The van der Waals surface area contributed by atoms with Gasteiger partial charge < -0.3 is 10.0 Å². The van der Waals surface area contributed by atoms with Gasteiger partial charge in [-0.2, -0.15) is 0 Å². The molecule has 0 amide bonds. The van der Waals surface area contributed by atoms with Gasteiger partial charge in [-0.1, -0.05) is 0 Å². The molecule has 0 fully saturated rings. The minimum atomic E-state index is 0.0350. The Morgan fingerprint density at radius 3 is 2.69 bits per heavy atom. The molecule has 0 radical (unpaired) electrons. The van der Waals surface area contributed by atoms with Crippen LogP contribution in [0.2, 0.25) is 0 Å². The van der Waals surface area contributed by atoms with Gasteiger partial charge in [0.05, 0.1) is 5.56 Å². The van der Waals surface area contributed by atoms with Crippen LogP contribution < -0.4 is 4.90 Å². The van der Waals surface area contributed by atoms with Gasteiger partial charge in [-0.3, -0.25) is 4.79 Å². The van der Waals surface area contributed by atoms with Crippen LogP contribution in [-0.2, 0) is 0 Å². The van der Waals surface area contributed by atoms with E-state index in [4.69, 9.17) is 0 Å². The fourth-order valence-corrected chi connectivity index (χ4v) is 1.05. The standard InChI is InChI=1S/C10H13NO2/c1-3-11(2)9-5-4-8(7-12)10(13)6-9/h4-7,13H,3H2,1-2H3. The van der Waals surface area contributed by atoms with Gasteiger partial charge in [0.2, 0.25) is 0 Å². The maximum Gasteiger partial charge on any atom is 0.153 e. The van der Waals surface area contributed by atoms with Gasteiger partial charge in [0, 0.05) is 25.3 Å². The molecule has 3 heteroatoms. The molecule has 3 nitrogen and oxygen atoms in total. The third kappa shape index (κ3) is 1.99. The smallest absolute Gasteiger partial charge is 0.153 e. The van der Waals surface area contributed by atoms with E-state index in [0.717, 1.165) is 12.2 Å². The van der Waals surface area contributed by atoms with E-state index in [1.807, 2.05) is 24.9 Å². The first-order valence-electron chi connectivity index (χ1n) is 4.18. The predicted molar refractivity (Wildman–Crippen MR) is 52.4 cm³/mol. The molecule has 0 atom stereocenters. The fraction of sp³-hybridized carbons (Fsp3) is 0.300. The normalized spacial score (nSPS) is 9.69. The van der Waals surface area contributed by atoms with Crippen molar-refractivity contribution in [2.24, 2.45) is 0 Å². The molecule has 0 aliphatic heterocycles. The highest BCUT2D eigenvalue weighted by atomic mass is 16.3. The van der Waals surface area contributed by atoms with Gasteiger partial charge in [-0.05, 0) is 19.1 Å². The molecule has 0 spiro atoms. The third-order valence-corrected chi connectivity index (χ3v) is 2.06. The lowest BCUT2D eigenvalue weighted by atomic mass is 10.2. The molecular weight excluding hydrogens is 166 g/mol. The van der Waals surface area contributed by atoms with Crippen LogP contribution in [0.25, 0.3) is 0 Å². The largest absolute Gasteiger partial charge is 0.507 e. The Morgan fingerprint density at radius 2 is 2.23 bits per heavy atom. The topological polar surface area (TPSA) is 40.5 Å². The van der Waals surface area contributed by atoms with Crippen molar-refractivity contribution >= 4 is 12.0 Å². The number of anilines is 1. The van der Waals surface area contributed by atoms with Crippen molar-refractivity contribution in [1.29, 1.82) is 0 Å². The monoisotopic (exact) mass is 179 g/mol. The Hall–Kier alpha value is -1.51. The zero-order chi connectivity index (χ0) is 9.84. The molecule has 70 valence electrons. The minimum Gasteiger partial charge on any atom is -0.507 e. The molecule has 0 unspecified atom stereocenters. The van der Waals surface area contributed by atoms with Gasteiger partial charge in [-0.15, -0.1) is 0 Å². The molecule has 0 aliphatic rings. The predicted octanol–water partition coefficient (Wildman–Crippen LogP) is 1.66. The van der Waals surface area contributed by atoms with E-state index in [1.165, 1.54) is 0 Å². The summed E-state index contributed by atoms with van der Waals surface area (Å²) in [6.07, 6.45) is 0.644. The van der Waals surface area contributed by atoms with E-state index in [2.05, 4.69) is 0 Å². The van der Waals surface area contributed by atoms with Gasteiger partial charge in [0.1, 0.15) is 5.75 Å². The van der Waals surface area contributed by atoms with Crippen molar-refractivity contribution < 1.29 is 9.90 Å². The molecule has 0 aromatic heterocycles.